The molecule has 27 heavy (non-hydrogen) atoms. The van der Waals surface area contributed by atoms with Crippen LogP contribution in [-0.4, -0.2) is 38.1 Å². The number of anilines is 1. The van der Waals surface area contributed by atoms with Gasteiger partial charge in [-0.3, -0.25) is 4.79 Å². The van der Waals surface area contributed by atoms with Crippen molar-refractivity contribution in [3.63, 3.8) is 0 Å². The van der Waals surface area contributed by atoms with Gasteiger partial charge in [0, 0.05) is 12.1 Å². The van der Waals surface area contributed by atoms with E-state index in [1.54, 1.807) is 13.8 Å². The van der Waals surface area contributed by atoms with E-state index >= 15 is 0 Å². The van der Waals surface area contributed by atoms with Crippen molar-refractivity contribution >= 4 is 27.7 Å². The van der Waals surface area contributed by atoms with Gasteiger partial charge in [0.05, 0.1) is 10.5 Å². The van der Waals surface area contributed by atoms with Crippen LogP contribution in [0.2, 0.25) is 0 Å². The molecular weight excluding hydrogens is 374 g/mol. The number of aromatic nitrogens is 1. The molecule has 1 atom stereocenters. The minimum Gasteiger partial charge on any atom is -0.452 e. The van der Waals surface area contributed by atoms with Gasteiger partial charge in [-0.2, -0.15) is 0 Å². The lowest BCUT2D eigenvalue weighted by Gasteiger charge is -2.12. The van der Waals surface area contributed by atoms with Gasteiger partial charge >= 0.3 is 5.97 Å². The Morgan fingerprint density at radius 1 is 1.26 bits per heavy atom. The van der Waals surface area contributed by atoms with Crippen LogP contribution in [0.25, 0.3) is 0 Å². The molecular formula is C17H21N3O6S. The number of benzene rings is 1. The summed E-state index contributed by atoms with van der Waals surface area (Å²) < 4.78 is 36.6. The molecule has 0 aliphatic carbocycles. The number of hydrogen-bond acceptors (Lipinski definition) is 7. The normalized spacial score (nSPS) is 12.4. The molecule has 1 aromatic carbocycles. The monoisotopic (exact) mass is 395 g/mol. The number of aryl methyl sites for hydroxylation is 1. The highest BCUT2D eigenvalue weighted by molar-refractivity contribution is 7.89. The van der Waals surface area contributed by atoms with Gasteiger partial charge in [-0.15, -0.1) is 0 Å². The fraction of sp³-hybridized carbons (Fsp3) is 0.353. The van der Waals surface area contributed by atoms with Crippen LogP contribution in [-0.2, 0) is 19.6 Å². The number of esters is 1. The molecule has 0 radical (unpaired) electrons. The molecule has 2 N–H and O–H groups in total. The first-order valence-electron chi connectivity index (χ1n) is 8.24. The maximum Gasteiger partial charge on any atom is 0.338 e. The van der Waals surface area contributed by atoms with Crippen molar-refractivity contribution in [3.8, 4) is 0 Å². The van der Waals surface area contributed by atoms with Crippen molar-refractivity contribution in [2.24, 2.45) is 0 Å². The second kappa shape index (κ2) is 8.78. The predicted molar refractivity (Wildman–Crippen MR) is 96.7 cm³/mol. The lowest BCUT2D eigenvalue weighted by Crippen LogP contribution is -2.32. The van der Waals surface area contributed by atoms with E-state index in [0.717, 1.165) is 0 Å². The number of nitrogens with one attached hydrogen (secondary N) is 2. The van der Waals surface area contributed by atoms with Crippen LogP contribution in [0.3, 0.4) is 0 Å². The Balaban J connectivity index is 1.92. The first-order chi connectivity index (χ1) is 12.7. The summed E-state index contributed by atoms with van der Waals surface area (Å²) in [5.74, 6) is -0.578. The number of amides is 1. The van der Waals surface area contributed by atoms with E-state index < -0.39 is 28.5 Å². The molecule has 0 aliphatic rings. The molecule has 0 saturated carbocycles. The number of carbonyl (C=O) groups is 2. The SMILES string of the molecule is CC[C@H](C)NS(=O)(=O)c1ccc(C(=O)OCC(=O)Nc2cc(C)on2)cc1. The number of sulfonamides is 1. The average Bonchev–Trinajstić information content (AvgIpc) is 3.04. The minimum absolute atomic E-state index is 0.0403. The van der Waals surface area contributed by atoms with E-state index in [9.17, 15) is 18.0 Å². The Kier molecular flexibility index (Phi) is 6.70. The smallest absolute Gasteiger partial charge is 0.338 e. The van der Waals surface area contributed by atoms with Gasteiger partial charge in [-0.05, 0) is 44.5 Å². The molecule has 0 bridgehead atoms. The van der Waals surface area contributed by atoms with Crippen molar-refractivity contribution in [2.75, 3.05) is 11.9 Å². The van der Waals surface area contributed by atoms with Crippen LogP contribution >= 0.6 is 0 Å². The van der Waals surface area contributed by atoms with Gasteiger partial charge in [-0.1, -0.05) is 12.1 Å². The first kappa shape index (κ1) is 20.6. The number of carbonyl (C=O) groups excluding carboxylic acids is 2. The molecule has 9 nitrogen and oxygen atoms in total. The Labute approximate surface area is 157 Å². The zero-order chi connectivity index (χ0) is 20.0. The van der Waals surface area contributed by atoms with Crippen LogP contribution < -0.4 is 10.0 Å². The van der Waals surface area contributed by atoms with E-state index in [4.69, 9.17) is 9.26 Å². The number of rotatable bonds is 8. The third-order valence-electron chi connectivity index (χ3n) is 3.60. The fourth-order valence-electron chi connectivity index (χ4n) is 2.01. The third kappa shape index (κ3) is 5.90. The van der Waals surface area contributed by atoms with Crippen LogP contribution in [0.5, 0.6) is 0 Å². The first-order valence-corrected chi connectivity index (χ1v) is 9.72. The summed E-state index contributed by atoms with van der Waals surface area (Å²) in [4.78, 5) is 23.7. The topological polar surface area (TPSA) is 128 Å². The van der Waals surface area contributed by atoms with Gasteiger partial charge in [0.1, 0.15) is 5.76 Å². The summed E-state index contributed by atoms with van der Waals surface area (Å²) in [6, 6.07) is 6.58. The summed E-state index contributed by atoms with van der Waals surface area (Å²) in [7, 11) is -3.65. The Morgan fingerprint density at radius 3 is 2.48 bits per heavy atom. The van der Waals surface area contributed by atoms with Gasteiger partial charge in [-0.25, -0.2) is 17.9 Å². The van der Waals surface area contributed by atoms with Crippen molar-refractivity contribution in [1.82, 2.24) is 9.88 Å². The summed E-state index contributed by atoms with van der Waals surface area (Å²) in [5, 5.41) is 6.00. The van der Waals surface area contributed by atoms with Crippen LogP contribution in [0.4, 0.5) is 5.82 Å². The van der Waals surface area contributed by atoms with Crippen molar-refractivity contribution in [2.45, 2.75) is 38.1 Å². The standard InChI is InChI=1S/C17H21N3O6S/c1-4-11(2)20-27(23,24)14-7-5-13(6-8-14)17(22)25-10-16(21)18-15-9-12(3)26-19-15/h5-9,11,20H,4,10H2,1-3H3,(H,18,19,21)/t11-/m0/s1. The van der Waals surface area contributed by atoms with Gasteiger partial charge in [0.15, 0.2) is 12.4 Å². The van der Waals surface area contributed by atoms with E-state index in [1.165, 1.54) is 30.3 Å². The second-order valence-electron chi connectivity index (χ2n) is 5.90. The van der Waals surface area contributed by atoms with Gasteiger partial charge in [0.25, 0.3) is 5.91 Å². The Bertz CT molecular complexity index is 905. The Hall–Kier alpha value is -2.72. The molecule has 1 heterocycles. The highest BCUT2D eigenvalue weighted by atomic mass is 32.2. The minimum atomic E-state index is -3.65. The van der Waals surface area contributed by atoms with E-state index in [-0.39, 0.29) is 22.3 Å². The largest absolute Gasteiger partial charge is 0.452 e. The third-order valence-corrected chi connectivity index (χ3v) is 5.20. The lowest BCUT2D eigenvalue weighted by atomic mass is 10.2. The van der Waals surface area contributed by atoms with Crippen molar-refractivity contribution < 1.29 is 27.3 Å². The summed E-state index contributed by atoms with van der Waals surface area (Å²) in [6.07, 6.45) is 0.652. The number of nitrogens with zero attached hydrogens (tertiary/aromatic N) is 1. The van der Waals surface area contributed by atoms with Crippen molar-refractivity contribution in [3.05, 3.63) is 41.7 Å². The lowest BCUT2D eigenvalue weighted by molar-refractivity contribution is -0.119. The molecule has 0 saturated heterocycles. The Morgan fingerprint density at radius 2 is 1.93 bits per heavy atom. The highest BCUT2D eigenvalue weighted by Crippen LogP contribution is 2.13. The quantitative estimate of drug-likeness (QED) is 0.653. The molecule has 2 rings (SSSR count). The van der Waals surface area contributed by atoms with Crippen LogP contribution in [0, 0.1) is 6.92 Å². The predicted octanol–water partition coefficient (Wildman–Crippen LogP) is 1.86. The van der Waals surface area contributed by atoms with E-state index in [1.807, 2.05) is 6.92 Å². The number of ether oxygens (including phenoxy) is 1. The molecule has 146 valence electrons. The molecule has 0 spiro atoms. The molecule has 2 aromatic rings. The van der Waals surface area contributed by atoms with Crippen molar-refractivity contribution in [1.29, 1.82) is 0 Å². The zero-order valence-electron chi connectivity index (χ0n) is 15.2. The summed E-state index contributed by atoms with van der Waals surface area (Å²) >= 11 is 0. The molecule has 10 heteroatoms. The molecule has 1 aromatic heterocycles. The maximum atomic E-state index is 12.2. The summed E-state index contributed by atoms with van der Waals surface area (Å²) in [6.45, 7) is 4.78. The summed E-state index contributed by atoms with van der Waals surface area (Å²) in [5.41, 5.74) is 0.127. The fourth-order valence-corrected chi connectivity index (χ4v) is 3.33. The molecule has 0 fully saturated rings. The molecule has 1 amide bonds. The number of hydrogen-bond donors (Lipinski definition) is 2. The second-order valence-corrected chi connectivity index (χ2v) is 7.62. The maximum absolute atomic E-state index is 12.2. The van der Waals surface area contributed by atoms with Gasteiger partial charge < -0.3 is 14.6 Å². The highest BCUT2D eigenvalue weighted by Gasteiger charge is 2.18. The van der Waals surface area contributed by atoms with E-state index in [0.29, 0.717) is 12.2 Å². The zero-order valence-corrected chi connectivity index (χ0v) is 16.0. The van der Waals surface area contributed by atoms with Crippen LogP contribution in [0.1, 0.15) is 36.4 Å². The average molecular weight is 395 g/mol. The van der Waals surface area contributed by atoms with Crippen LogP contribution in [0.15, 0.2) is 39.8 Å². The van der Waals surface area contributed by atoms with E-state index in [2.05, 4.69) is 15.2 Å². The molecule has 0 aliphatic heterocycles. The van der Waals surface area contributed by atoms with Gasteiger partial charge in [0.2, 0.25) is 10.0 Å². The molecule has 0 unspecified atom stereocenters.